The van der Waals surface area contributed by atoms with Crippen molar-refractivity contribution in [1.29, 1.82) is 0 Å². The van der Waals surface area contributed by atoms with Crippen LogP contribution in [-0.2, 0) is 27.1 Å². The van der Waals surface area contributed by atoms with Crippen molar-refractivity contribution >= 4 is 57.2 Å². The van der Waals surface area contributed by atoms with Gasteiger partial charge < -0.3 is 9.80 Å². The molecule has 0 spiro atoms. The molecule has 3 heteroatoms. The number of nitrogens with zero attached hydrogens (tertiary/aromatic N) is 2. The Bertz CT molecular complexity index is 3380. The summed E-state index contributed by atoms with van der Waals surface area (Å²) < 4.78 is 0. The van der Waals surface area contributed by atoms with Gasteiger partial charge >= 0.3 is 0 Å². The predicted molar refractivity (Wildman–Crippen MR) is 304 cm³/mol. The first-order chi connectivity index (χ1) is 33.0. The number of rotatable bonds is 4. The third-order valence-electron chi connectivity index (χ3n) is 15.9. The maximum absolute atomic E-state index is 2.65. The Hall–Kier alpha value is -6.58. The van der Waals surface area contributed by atoms with Crippen LogP contribution >= 0.6 is 0 Å². The van der Waals surface area contributed by atoms with Crippen LogP contribution in [0, 0.1) is 0 Å². The summed E-state index contributed by atoms with van der Waals surface area (Å²) in [6.07, 6.45) is 0. The van der Waals surface area contributed by atoms with Crippen LogP contribution in [0.4, 0.5) is 34.1 Å². The molecule has 0 radical (unpaired) electrons. The highest BCUT2D eigenvalue weighted by molar-refractivity contribution is 7.00. The van der Waals surface area contributed by atoms with E-state index in [-0.39, 0.29) is 33.8 Å². The van der Waals surface area contributed by atoms with Gasteiger partial charge in [0, 0.05) is 39.4 Å². The Labute approximate surface area is 419 Å². The van der Waals surface area contributed by atoms with E-state index in [1.54, 1.807) is 0 Å². The van der Waals surface area contributed by atoms with Crippen molar-refractivity contribution in [3.8, 4) is 33.4 Å². The SMILES string of the molecule is CC(C)(C)c1ccc2c(c1)B1c3ccc(C(C)(C)C)cc3N(c3ccc(C(C)(C)C)cc3-c3ccccc3)c3cc(C(C)(C)C)cc(c31)N2c1ccc(-c2cccc3c2-c2ccccc2C3(C)C)cc1. The minimum absolute atomic E-state index is 0.0106. The average Bonchev–Trinajstić information content (AvgIpc) is 3.55. The lowest BCUT2D eigenvalue weighted by Crippen LogP contribution is -2.61. The normalized spacial score (nSPS) is 14.7. The number of fused-ring (bicyclic) bond motifs is 7. The molecular formula is C67H69BN2. The summed E-state index contributed by atoms with van der Waals surface area (Å²) in [6, 6.07) is 63.5. The quantitative estimate of drug-likeness (QED) is 0.162. The highest BCUT2D eigenvalue weighted by Gasteiger charge is 2.45. The molecule has 1 aliphatic carbocycles. The maximum atomic E-state index is 2.65. The summed E-state index contributed by atoms with van der Waals surface area (Å²) in [5.74, 6) is 0. The summed E-state index contributed by atoms with van der Waals surface area (Å²) >= 11 is 0. The first kappa shape index (κ1) is 45.8. The van der Waals surface area contributed by atoms with Gasteiger partial charge in [-0.05, 0) is 148 Å². The van der Waals surface area contributed by atoms with E-state index in [0.29, 0.717) is 0 Å². The molecule has 0 unspecified atom stereocenters. The van der Waals surface area contributed by atoms with Gasteiger partial charge in [0.1, 0.15) is 0 Å². The first-order valence-electron chi connectivity index (χ1n) is 25.6. The van der Waals surface area contributed by atoms with Gasteiger partial charge in [0.2, 0.25) is 0 Å². The first-order valence-corrected chi connectivity index (χ1v) is 25.6. The van der Waals surface area contributed by atoms with Gasteiger partial charge in [-0.15, -0.1) is 0 Å². The smallest absolute Gasteiger partial charge is 0.252 e. The van der Waals surface area contributed by atoms with Gasteiger partial charge in [0.15, 0.2) is 0 Å². The van der Waals surface area contributed by atoms with E-state index < -0.39 is 0 Å². The molecule has 0 aromatic heterocycles. The molecule has 2 aliphatic heterocycles. The van der Waals surface area contributed by atoms with Crippen LogP contribution in [0.5, 0.6) is 0 Å². The molecule has 350 valence electrons. The van der Waals surface area contributed by atoms with Crippen LogP contribution in [-0.4, -0.2) is 6.71 Å². The van der Waals surface area contributed by atoms with Gasteiger partial charge in [-0.1, -0.05) is 212 Å². The van der Waals surface area contributed by atoms with Gasteiger partial charge in [-0.25, -0.2) is 0 Å². The zero-order chi connectivity index (χ0) is 49.4. The van der Waals surface area contributed by atoms with Gasteiger partial charge in [-0.2, -0.15) is 0 Å². The van der Waals surface area contributed by atoms with Crippen LogP contribution in [0.3, 0.4) is 0 Å². The average molecular weight is 913 g/mol. The van der Waals surface area contributed by atoms with E-state index in [1.807, 2.05) is 0 Å². The molecule has 2 heterocycles. The molecule has 11 rings (SSSR count). The van der Waals surface area contributed by atoms with Crippen LogP contribution < -0.4 is 26.2 Å². The summed E-state index contributed by atoms with van der Waals surface area (Å²) in [5, 5.41) is 0. The van der Waals surface area contributed by atoms with Crippen molar-refractivity contribution in [2.75, 3.05) is 9.80 Å². The lowest BCUT2D eigenvalue weighted by molar-refractivity contribution is 0.589. The molecule has 0 amide bonds. The second-order valence-corrected chi connectivity index (χ2v) is 25.1. The van der Waals surface area contributed by atoms with Gasteiger partial charge in [0.25, 0.3) is 6.71 Å². The molecule has 0 saturated heterocycles. The zero-order valence-corrected chi connectivity index (χ0v) is 44.1. The Morgan fingerprint density at radius 2 is 0.871 bits per heavy atom. The third kappa shape index (κ3) is 7.29. The molecule has 8 aromatic carbocycles. The fourth-order valence-electron chi connectivity index (χ4n) is 11.7. The largest absolute Gasteiger partial charge is 0.311 e. The second-order valence-electron chi connectivity index (χ2n) is 25.1. The molecule has 0 N–H and O–H groups in total. The Morgan fingerprint density at radius 3 is 1.53 bits per heavy atom. The van der Waals surface area contributed by atoms with Crippen molar-refractivity contribution < 1.29 is 0 Å². The third-order valence-corrected chi connectivity index (χ3v) is 15.9. The van der Waals surface area contributed by atoms with Crippen molar-refractivity contribution in [3.63, 3.8) is 0 Å². The topological polar surface area (TPSA) is 6.48 Å². The van der Waals surface area contributed by atoms with E-state index in [1.165, 1.54) is 112 Å². The fourth-order valence-corrected chi connectivity index (χ4v) is 11.7. The van der Waals surface area contributed by atoms with Gasteiger partial charge in [0.05, 0.1) is 5.69 Å². The molecule has 2 nitrogen and oxygen atoms in total. The maximum Gasteiger partial charge on any atom is 0.252 e. The molecule has 0 atom stereocenters. The van der Waals surface area contributed by atoms with Crippen molar-refractivity contribution in [1.82, 2.24) is 0 Å². The molecule has 70 heavy (non-hydrogen) atoms. The van der Waals surface area contributed by atoms with Gasteiger partial charge in [-0.3, -0.25) is 0 Å². The van der Waals surface area contributed by atoms with E-state index in [2.05, 4.69) is 271 Å². The highest BCUT2D eigenvalue weighted by Crippen LogP contribution is 2.53. The summed E-state index contributed by atoms with van der Waals surface area (Å²) in [5.41, 5.74) is 26.9. The van der Waals surface area contributed by atoms with Crippen LogP contribution in [0.15, 0.2) is 164 Å². The van der Waals surface area contributed by atoms with Crippen LogP contribution in [0.1, 0.15) is 130 Å². The number of hydrogen-bond acceptors (Lipinski definition) is 2. The van der Waals surface area contributed by atoms with Crippen molar-refractivity contribution in [2.45, 2.75) is 124 Å². The summed E-state index contributed by atoms with van der Waals surface area (Å²) in [6.45, 7) is 32.9. The Balaban J connectivity index is 1.20. The van der Waals surface area contributed by atoms with E-state index in [9.17, 15) is 0 Å². The lowest BCUT2D eigenvalue weighted by Gasteiger charge is -2.46. The molecule has 3 aliphatic rings. The van der Waals surface area contributed by atoms with Crippen LogP contribution in [0.25, 0.3) is 33.4 Å². The Morgan fingerprint density at radius 1 is 0.357 bits per heavy atom. The van der Waals surface area contributed by atoms with E-state index >= 15 is 0 Å². The standard InChI is InChI=1S/C67H69BN2/c1-63(2,3)44-30-35-56(51(37-44)42-21-16-15-17-22-42)70-58-39-46(65(7,8)9)29-34-54(58)68-55-38-45(64(4,5)6)31-36-57(55)69(59-40-47(66(10,11)12)41-60(70)62(59)68)48-32-27-43(28-33-48)49-24-20-26-53-61(49)50-23-18-19-25-52(50)67(53,13)14/h15-41H,1-14H3. The zero-order valence-electron chi connectivity index (χ0n) is 44.1. The number of benzene rings is 8. The number of anilines is 6. The van der Waals surface area contributed by atoms with Crippen LogP contribution in [0.2, 0.25) is 0 Å². The molecule has 0 saturated carbocycles. The minimum atomic E-state index is -0.137. The monoisotopic (exact) mass is 913 g/mol. The van der Waals surface area contributed by atoms with E-state index in [0.717, 1.165) is 5.69 Å². The summed E-state index contributed by atoms with van der Waals surface area (Å²) in [7, 11) is 0. The van der Waals surface area contributed by atoms with E-state index in [4.69, 9.17) is 0 Å². The number of hydrogen-bond donors (Lipinski definition) is 0. The van der Waals surface area contributed by atoms with Crippen molar-refractivity contribution in [2.24, 2.45) is 0 Å². The Kier molecular flexibility index (Phi) is 10.3. The molecule has 8 aromatic rings. The molecule has 0 bridgehead atoms. The second kappa shape index (κ2) is 15.7. The fraction of sp³-hybridized carbons (Fsp3) is 0.284. The predicted octanol–water partition coefficient (Wildman–Crippen LogP) is 16.6. The highest BCUT2D eigenvalue weighted by atomic mass is 15.2. The molecule has 0 fully saturated rings. The minimum Gasteiger partial charge on any atom is -0.311 e. The summed E-state index contributed by atoms with van der Waals surface area (Å²) in [4.78, 5) is 5.25. The lowest BCUT2D eigenvalue weighted by atomic mass is 9.33. The molecular weight excluding hydrogens is 844 g/mol. The van der Waals surface area contributed by atoms with Crippen molar-refractivity contribution in [3.05, 3.63) is 197 Å².